The molecule has 0 radical (unpaired) electrons. The Morgan fingerprint density at radius 3 is 2.72 bits per heavy atom. The van der Waals surface area contributed by atoms with Crippen molar-refractivity contribution in [2.75, 3.05) is 69.2 Å². The number of ketones is 1. The third-order valence-corrected chi connectivity index (χ3v) is 8.05. The van der Waals surface area contributed by atoms with E-state index in [4.69, 9.17) is 4.74 Å². The van der Waals surface area contributed by atoms with Gasteiger partial charge in [0.05, 0.1) is 30.0 Å². The van der Waals surface area contributed by atoms with E-state index in [-0.39, 0.29) is 11.8 Å². The molecule has 3 heterocycles. The van der Waals surface area contributed by atoms with E-state index in [1.807, 2.05) is 17.1 Å². The lowest BCUT2D eigenvalue weighted by molar-refractivity contribution is 0.0207. The molecule has 0 bridgehead atoms. The van der Waals surface area contributed by atoms with Crippen LogP contribution in [0.4, 0.5) is 16.2 Å². The van der Waals surface area contributed by atoms with E-state index in [9.17, 15) is 9.59 Å². The van der Waals surface area contributed by atoms with Crippen molar-refractivity contribution in [2.24, 2.45) is 10.2 Å². The fourth-order valence-corrected chi connectivity index (χ4v) is 5.92. The number of morpholine rings is 1. The van der Waals surface area contributed by atoms with Gasteiger partial charge in [-0.25, -0.2) is 9.80 Å². The molecule has 2 aromatic rings. The zero-order valence-corrected chi connectivity index (χ0v) is 22.6. The maximum absolute atomic E-state index is 13.8. The smallest absolute Gasteiger partial charge is 0.333 e. The van der Waals surface area contributed by atoms with Crippen molar-refractivity contribution in [3.05, 3.63) is 64.2 Å². The van der Waals surface area contributed by atoms with E-state index < -0.39 is 6.04 Å². The number of amides is 2. The summed E-state index contributed by atoms with van der Waals surface area (Å²) < 4.78 is 5.34. The van der Waals surface area contributed by atoms with Gasteiger partial charge >= 0.3 is 6.03 Å². The normalized spacial score (nSPS) is 21.6. The van der Waals surface area contributed by atoms with Crippen LogP contribution in [0.2, 0.25) is 0 Å². The second kappa shape index (κ2) is 10.9. The van der Waals surface area contributed by atoms with E-state index in [1.165, 1.54) is 5.69 Å². The van der Waals surface area contributed by atoms with E-state index in [0.717, 1.165) is 55.8 Å². The number of nitrogens with one attached hydrogen (secondary N) is 2. The number of rotatable bonds is 5. The predicted octanol–water partition coefficient (Wildman–Crippen LogP) is 4.01. The minimum atomic E-state index is -0.448. The molecule has 39 heavy (non-hydrogen) atoms. The topological polar surface area (TPSA) is 102 Å². The summed E-state index contributed by atoms with van der Waals surface area (Å²) in [6.07, 6.45) is 1.15. The summed E-state index contributed by atoms with van der Waals surface area (Å²) in [5.74, 6) is -0.132. The molecular weight excluding hydrogens is 494 g/mol. The van der Waals surface area contributed by atoms with Crippen molar-refractivity contribution in [3.63, 3.8) is 0 Å². The Kier molecular flexibility index (Phi) is 7.16. The monoisotopic (exact) mass is 529 g/mol. The van der Waals surface area contributed by atoms with E-state index in [2.05, 4.69) is 62.8 Å². The molecule has 2 N–H and O–H groups in total. The summed E-state index contributed by atoms with van der Waals surface area (Å²) in [4.78, 5) is 31.4. The molecule has 2 fully saturated rings. The van der Waals surface area contributed by atoms with Gasteiger partial charge in [0.15, 0.2) is 5.78 Å². The molecule has 10 heteroatoms. The molecule has 204 valence electrons. The Morgan fingerprint density at radius 1 is 1.08 bits per heavy atom. The Labute approximate surface area is 228 Å². The molecule has 1 aliphatic carbocycles. The van der Waals surface area contributed by atoms with Crippen LogP contribution in [0, 0.1) is 6.92 Å². The van der Waals surface area contributed by atoms with Gasteiger partial charge in [0.2, 0.25) is 0 Å². The molecule has 0 aromatic heterocycles. The highest BCUT2D eigenvalue weighted by Crippen LogP contribution is 2.49. The third kappa shape index (κ3) is 4.95. The van der Waals surface area contributed by atoms with Crippen LogP contribution in [0.25, 0.3) is 5.70 Å². The molecule has 0 saturated carbocycles. The molecule has 1 unspecified atom stereocenters. The summed E-state index contributed by atoms with van der Waals surface area (Å²) in [5, 5.41) is 13.7. The van der Waals surface area contributed by atoms with Gasteiger partial charge in [-0.1, -0.05) is 25.1 Å². The minimum Gasteiger partial charge on any atom is -0.379 e. The summed E-state index contributed by atoms with van der Waals surface area (Å²) in [6, 6.07) is 11.1. The zero-order valence-electron chi connectivity index (χ0n) is 22.6. The first-order chi connectivity index (χ1) is 19.0. The number of carbonyl (C=O) groups is 2. The van der Waals surface area contributed by atoms with Crippen LogP contribution in [0.3, 0.4) is 0 Å². The standard InChI is InChI=1S/C29H35N7O3/c1-3-34-10-5-11-35(13-12-34)20-8-9-21(19(2)18-20)26-25-27(32-31-26)22-6-4-7-23(24(22)28(25)37)30-29(38)33-36-14-16-39-17-15-36/h4,6-9,18,27H,3,5,10-17H2,1-2H3,(H2,30,33,38). The number of hydrazine groups is 1. The van der Waals surface area contributed by atoms with Gasteiger partial charge in [-0.15, -0.1) is 0 Å². The van der Waals surface area contributed by atoms with Crippen LogP contribution in [-0.4, -0.2) is 80.8 Å². The molecule has 10 nitrogen and oxygen atoms in total. The molecule has 2 saturated heterocycles. The SMILES string of the molecule is CCN1CCCN(c2ccc(C3=C4C(=O)c5c(NC(=O)NN6CCOCC6)cccc5C4N=N3)c(C)c2)CC1. The number of hydrogen-bond donors (Lipinski definition) is 2. The first kappa shape index (κ1) is 25.7. The third-order valence-electron chi connectivity index (χ3n) is 8.05. The first-order valence-electron chi connectivity index (χ1n) is 13.8. The maximum atomic E-state index is 13.8. The summed E-state index contributed by atoms with van der Waals surface area (Å²) in [5.41, 5.74) is 8.98. The van der Waals surface area contributed by atoms with Gasteiger partial charge in [-0.05, 0) is 55.8 Å². The van der Waals surface area contributed by atoms with Crippen molar-refractivity contribution in [2.45, 2.75) is 26.3 Å². The lowest BCUT2D eigenvalue weighted by Gasteiger charge is -2.27. The second-order valence-electron chi connectivity index (χ2n) is 10.4. The van der Waals surface area contributed by atoms with Gasteiger partial charge in [0, 0.05) is 44.0 Å². The highest BCUT2D eigenvalue weighted by Gasteiger charge is 2.42. The van der Waals surface area contributed by atoms with Crippen LogP contribution in [-0.2, 0) is 4.74 Å². The van der Waals surface area contributed by atoms with Crippen LogP contribution in [0.15, 0.2) is 52.2 Å². The highest BCUT2D eigenvalue weighted by molar-refractivity contribution is 6.22. The number of azo groups is 1. The molecule has 6 rings (SSSR count). The fourth-order valence-electron chi connectivity index (χ4n) is 5.92. The molecule has 4 aliphatic rings. The van der Waals surface area contributed by atoms with Crippen molar-refractivity contribution in [1.82, 2.24) is 15.3 Å². The van der Waals surface area contributed by atoms with Crippen LogP contribution in [0.5, 0.6) is 0 Å². The Balaban J connectivity index is 1.24. The molecule has 2 aromatic carbocycles. The number of aryl methyl sites for hydroxylation is 1. The van der Waals surface area contributed by atoms with Gasteiger partial charge in [-0.3, -0.25) is 10.2 Å². The number of anilines is 2. The molecule has 0 spiro atoms. The molecular formula is C29H35N7O3. The van der Waals surface area contributed by atoms with Crippen LogP contribution >= 0.6 is 0 Å². The average molecular weight is 530 g/mol. The number of Topliss-reactive ketones (excluding diaryl/α,β-unsaturated/α-hetero) is 1. The lowest BCUT2D eigenvalue weighted by atomic mass is 9.98. The molecule has 1 atom stereocenters. The van der Waals surface area contributed by atoms with Crippen LogP contribution < -0.4 is 15.6 Å². The van der Waals surface area contributed by atoms with Gasteiger partial charge in [0.1, 0.15) is 11.7 Å². The van der Waals surface area contributed by atoms with Crippen molar-refractivity contribution in [3.8, 4) is 0 Å². The zero-order chi connectivity index (χ0) is 26.9. The lowest BCUT2D eigenvalue weighted by Crippen LogP contribution is -2.49. The summed E-state index contributed by atoms with van der Waals surface area (Å²) >= 11 is 0. The number of likely N-dealkylation sites (N-methyl/N-ethyl adjacent to an activating group) is 1. The quantitative estimate of drug-likeness (QED) is 0.607. The number of ether oxygens (including phenoxy) is 1. The van der Waals surface area contributed by atoms with Crippen LogP contribution in [0.1, 0.15) is 46.4 Å². The average Bonchev–Trinajstić information content (AvgIpc) is 3.39. The number of carbonyl (C=O) groups excluding carboxylic acids is 2. The second-order valence-corrected chi connectivity index (χ2v) is 10.4. The fraction of sp³-hybridized carbons (Fsp3) is 0.448. The number of nitrogens with zero attached hydrogens (tertiary/aromatic N) is 5. The molecule has 3 aliphatic heterocycles. The van der Waals surface area contributed by atoms with E-state index >= 15 is 0 Å². The van der Waals surface area contributed by atoms with Gasteiger partial charge in [-0.2, -0.15) is 10.2 Å². The Hall–Kier alpha value is -3.60. The van der Waals surface area contributed by atoms with E-state index in [0.29, 0.717) is 48.8 Å². The first-order valence-corrected chi connectivity index (χ1v) is 13.8. The van der Waals surface area contributed by atoms with E-state index in [1.54, 1.807) is 6.07 Å². The van der Waals surface area contributed by atoms with Crippen molar-refractivity contribution in [1.29, 1.82) is 0 Å². The number of hydrogen-bond acceptors (Lipinski definition) is 8. The maximum Gasteiger partial charge on any atom is 0.333 e. The number of urea groups is 1. The molecule has 2 amide bonds. The summed E-state index contributed by atoms with van der Waals surface area (Å²) in [6.45, 7) is 12.0. The number of benzene rings is 2. The van der Waals surface area contributed by atoms with Gasteiger partial charge < -0.3 is 19.9 Å². The largest absolute Gasteiger partial charge is 0.379 e. The Morgan fingerprint density at radius 2 is 1.92 bits per heavy atom. The minimum absolute atomic E-state index is 0.132. The highest BCUT2D eigenvalue weighted by atomic mass is 16.5. The summed E-state index contributed by atoms with van der Waals surface area (Å²) in [7, 11) is 0. The number of fused-ring (bicyclic) bond motifs is 3. The predicted molar refractivity (Wildman–Crippen MR) is 150 cm³/mol. The Bertz CT molecular complexity index is 1350. The van der Waals surface area contributed by atoms with Crippen molar-refractivity contribution < 1.29 is 14.3 Å². The van der Waals surface area contributed by atoms with Crippen molar-refractivity contribution >= 4 is 28.9 Å². The van der Waals surface area contributed by atoms with Gasteiger partial charge in [0.25, 0.3) is 0 Å².